The van der Waals surface area contributed by atoms with Crippen molar-refractivity contribution in [3.05, 3.63) is 59.7 Å². The largest absolute Gasteiger partial charge is 0.454 e. The monoisotopic (exact) mass is 353 g/mol. The molecule has 0 saturated carbocycles. The summed E-state index contributed by atoms with van der Waals surface area (Å²) in [6.45, 7) is 2.63. The number of likely N-dealkylation sites (tertiary alicyclic amines) is 1. The summed E-state index contributed by atoms with van der Waals surface area (Å²) in [6, 6.07) is 16.0. The number of benzene rings is 2. The van der Waals surface area contributed by atoms with E-state index in [-0.39, 0.29) is 24.7 Å². The van der Waals surface area contributed by atoms with Crippen LogP contribution < -0.4 is 20.5 Å². The zero-order valence-electron chi connectivity index (χ0n) is 14.6. The number of nitrogens with zero attached hydrogens (tertiary/aromatic N) is 1. The Labute approximate surface area is 152 Å². The first-order valence-corrected chi connectivity index (χ1v) is 8.87. The lowest BCUT2D eigenvalue weighted by Crippen LogP contribution is -2.37. The van der Waals surface area contributed by atoms with Crippen molar-refractivity contribution in [2.45, 2.75) is 18.5 Å². The Morgan fingerprint density at radius 1 is 1.12 bits per heavy atom. The van der Waals surface area contributed by atoms with Gasteiger partial charge in [0.25, 0.3) is 0 Å². The molecule has 0 spiro atoms. The third-order valence-electron chi connectivity index (χ3n) is 4.96. The summed E-state index contributed by atoms with van der Waals surface area (Å²) in [5.41, 5.74) is 8.52. The van der Waals surface area contributed by atoms with Crippen LogP contribution in [0.4, 0.5) is 0 Å². The maximum atomic E-state index is 12.3. The van der Waals surface area contributed by atoms with Crippen molar-refractivity contribution in [3.8, 4) is 11.5 Å². The molecule has 136 valence electrons. The second-order valence-corrected chi connectivity index (χ2v) is 6.84. The molecule has 0 bridgehead atoms. The van der Waals surface area contributed by atoms with E-state index in [1.165, 1.54) is 5.56 Å². The van der Waals surface area contributed by atoms with E-state index >= 15 is 0 Å². The Hall–Kier alpha value is -2.57. The number of hydrogen-bond acceptors (Lipinski definition) is 5. The van der Waals surface area contributed by atoms with Crippen LogP contribution in [0.15, 0.2) is 48.5 Å². The van der Waals surface area contributed by atoms with Crippen molar-refractivity contribution in [2.24, 2.45) is 5.73 Å². The molecule has 1 saturated heterocycles. The van der Waals surface area contributed by atoms with Gasteiger partial charge in [-0.3, -0.25) is 9.69 Å². The lowest BCUT2D eigenvalue weighted by Gasteiger charge is -2.16. The first-order chi connectivity index (χ1) is 12.7. The summed E-state index contributed by atoms with van der Waals surface area (Å²) in [4.78, 5) is 14.4. The minimum Gasteiger partial charge on any atom is -0.454 e. The van der Waals surface area contributed by atoms with E-state index in [9.17, 15) is 4.79 Å². The highest BCUT2D eigenvalue weighted by Gasteiger charge is 2.31. The van der Waals surface area contributed by atoms with Gasteiger partial charge in [0.05, 0.1) is 6.54 Å². The molecular formula is C20H23N3O3. The summed E-state index contributed by atoms with van der Waals surface area (Å²) < 4.78 is 10.7. The molecule has 4 rings (SSSR count). The average Bonchev–Trinajstić information content (AvgIpc) is 3.26. The van der Waals surface area contributed by atoms with Crippen LogP contribution in [0.3, 0.4) is 0 Å². The molecule has 0 radical (unpaired) electrons. The summed E-state index contributed by atoms with van der Waals surface area (Å²) in [6.07, 6.45) is 0. The van der Waals surface area contributed by atoms with Crippen LogP contribution in [0.5, 0.6) is 11.5 Å². The Kier molecular flexibility index (Phi) is 4.77. The van der Waals surface area contributed by atoms with Crippen LogP contribution in [-0.2, 0) is 11.3 Å². The molecule has 26 heavy (non-hydrogen) atoms. The van der Waals surface area contributed by atoms with E-state index in [1.54, 1.807) is 0 Å². The van der Waals surface area contributed by atoms with E-state index in [1.807, 2.05) is 36.4 Å². The van der Waals surface area contributed by atoms with E-state index in [2.05, 4.69) is 22.3 Å². The van der Waals surface area contributed by atoms with Crippen molar-refractivity contribution < 1.29 is 14.3 Å². The van der Waals surface area contributed by atoms with Gasteiger partial charge in [0.1, 0.15) is 0 Å². The van der Waals surface area contributed by atoms with Gasteiger partial charge in [-0.05, 0) is 23.3 Å². The van der Waals surface area contributed by atoms with Crippen molar-refractivity contribution in [2.75, 3.05) is 26.4 Å². The molecule has 6 nitrogen and oxygen atoms in total. The standard InChI is InChI=1S/C20H23N3O3/c21-17-11-23(10-16(17)15-4-2-1-3-5-15)12-20(24)22-9-14-6-7-18-19(8-14)26-13-25-18/h1-8,16-17H,9-13,21H2,(H,22,24)/t16-,17+/m0/s1. The molecule has 2 aliphatic rings. The number of ether oxygens (including phenoxy) is 2. The van der Waals surface area contributed by atoms with E-state index < -0.39 is 0 Å². The van der Waals surface area contributed by atoms with E-state index in [0.29, 0.717) is 13.1 Å². The number of amides is 1. The van der Waals surface area contributed by atoms with Gasteiger partial charge in [-0.15, -0.1) is 0 Å². The zero-order chi connectivity index (χ0) is 17.9. The van der Waals surface area contributed by atoms with Crippen LogP contribution >= 0.6 is 0 Å². The Balaban J connectivity index is 1.29. The molecule has 0 unspecified atom stereocenters. The van der Waals surface area contributed by atoms with Gasteiger partial charge in [0.15, 0.2) is 11.5 Å². The minimum absolute atomic E-state index is 0.00331. The Bertz CT molecular complexity index is 781. The summed E-state index contributed by atoms with van der Waals surface area (Å²) in [7, 11) is 0. The fourth-order valence-corrected chi connectivity index (χ4v) is 3.61. The highest BCUT2D eigenvalue weighted by Crippen LogP contribution is 2.32. The summed E-state index contributed by atoms with van der Waals surface area (Å²) >= 11 is 0. The van der Waals surface area contributed by atoms with Crippen molar-refractivity contribution in [3.63, 3.8) is 0 Å². The van der Waals surface area contributed by atoms with Gasteiger partial charge in [-0.25, -0.2) is 0 Å². The number of hydrogen-bond donors (Lipinski definition) is 2. The number of nitrogens with one attached hydrogen (secondary N) is 1. The van der Waals surface area contributed by atoms with Crippen LogP contribution in [0.25, 0.3) is 0 Å². The van der Waals surface area contributed by atoms with Gasteiger partial charge >= 0.3 is 0 Å². The predicted molar refractivity (Wildman–Crippen MR) is 98.0 cm³/mol. The maximum Gasteiger partial charge on any atom is 0.234 e. The van der Waals surface area contributed by atoms with Crippen molar-refractivity contribution in [1.29, 1.82) is 0 Å². The molecule has 0 aliphatic carbocycles. The molecule has 0 aromatic heterocycles. The van der Waals surface area contributed by atoms with Gasteiger partial charge in [0.2, 0.25) is 12.7 Å². The average molecular weight is 353 g/mol. The number of nitrogens with two attached hydrogens (primary N) is 1. The molecule has 2 aromatic carbocycles. The van der Waals surface area contributed by atoms with Gasteiger partial charge in [-0.1, -0.05) is 36.4 Å². The smallest absolute Gasteiger partial charge is 0.234 e. The van der Waals surface area contributed by atoms with E-state index in [0.717, 1.165) is 30.2 Å². The fraction of sp³-hybridized carbons (Fsp3) is 0.350. The number of rotatable bonds is 5. The predicted octanol–water partition coefficient (Wildman–Crippen LogP) is 1.46. The summed E-state index contributed by atoms with van der Waals surface area (Å²) in [5, 5.41) is 2.97. The summed E-state index contributed by atoms with van der Waals surface area (Å²) in [5.74, 6) is 1.76. The molecule has 6 heteroatoms. The number of carbonyl (C=O) groups is 1. The van der Waals surface area contributed by atoms with Gasteiger partial charge in [-0.2, -0.15) is 0 Å². The Morgan fingerprint density at radius 2 is 1.92 bits per heavy atom. The van der Waals surface area contributed by atoms with Crippen LogP contribution in [0, 0.1) is 0 Å². The first kappa shape index (κ1) is 16.9. The lowest BCUT2D eigenvalue weighted by atomic mass is 9.95. The number of carbonyl (C=O) groups excluding carboxylic acids is 1. The van der Waals surface area contributed by atoms with E-state index in [4.69, 9.17) is 15.2 Å². The third-order valence-corrected chi connectivity index (χ3v) is 4.96. The van der Waals surface area contributed by atoms with Crippen molar-refractivity contribution >= 4 is 5.91 Å². The lowest BCUT2D eigenvalue weighted by molar-refractivity contribution is -0.122. The van der Waals surface area contributed by atoms with Gasteiger partial charge < -0.3 is 20.5 Å². The third kappa shape index (κ3) is 3.66. The van der Waals surface area contributed by atoms with Gasteiger partial charge in [0, 0.05) is 31.6 Å². The SMILES string of the molecule is N[C@@H]1CN(CC(=O)NCc2ccc3c(c2)OCO3)C[C@H]1c1ccccc1. The topological polar surface area (TPSA) is 76.8 Å². The highest BCUT2D eigenvalue weighted by molar-refractivity contribution is 5.78. The van der Waals surface area contributed by atoms with Crippen LogP contribution in [0.1, 0.15) is 17.0 Å². The fourth-order valence-electron chi connectivity index (χ4n) is 3.61. The Morgan fingerprint density at radius 3 is 2.77 bits per heavy atom. The molecule has 2 aliphatic heterocycles. The minimum atomic E-state index is 0.00331. The second kappa shape index (κ2) is 7.35. The first-order valence-electron chi connectivity index (χ1n) is 8.87. The molecule has 3 N–H and O–H groups in total. The molecule has 2 heterocycles. The molecule has 2 aromatic rings. The van der Waals surface area contributed by atoms with Crippen LogP contribution in [-0.4, -0.2) is 43.3 Å². The quantitative estimate of drug-likeness (QED) is 0.851. The zero-order valence-corrected chi connectivity index (χ0v) is 14.6. The normalized spacial score (nSPS) is 21.7. The second-order valence-electron chi connectivity index (χ2n) is 6.84. The molecule has 1 amide bonds. The maximum absolute atomic E-state index is 12.3. The number of fused-ring (bicyclic) bond motifs is 1. The van der Waals surface area contributed by atoms with Crippen molar-refractivity contribution in [1.82, 2.24) is 10.2 Å². The molecule has 1 fully saturated rings. The molecule has 2 atom stereocenters. The molecular weight excluding hydrogens is 330 g/mol. The highest BCUT2D eigenvalue weighted by atomic mass is 16.7. The van der Waals surface area contributed by atoms with Crippen LogP contribution in [0.2, 0.25) is 0 Å².